The third-order valence-electron chi connectivity index (χ3n) is 5.43. The number of nitriles is 1. The first-order valence-corrected chi connectivity index (χ1v) is 11.8. The molecule has 0 bridgehead atoms. The zero-order chi connectivity index (χ0) is 25.4. The first-order chi connectivity index (χ1) is 16.5. The van der Waals surface area contributed by atoms with Gasteiger partial charge in [-0.15, -0.1) is 0 Å². The Bertz CT molecular complexity index is 1400. The number of benzene rings is 2. The van der Waals surface area contributed by atoms with E-state index in [1.54, 1.807) is 4.90 Å². The number of halogens is 4. The summed E-state index contributed by atoms with van der Waals surface area (Å²) >= 11 is 0. The van der Waals surface area contributed by atoms with Gasteiger partial charge in [-0.25, -0.2) is 27.9 Å². The van der Waals surface area contributed by atoms with Gasteiger partial charge in [0.25, 0.3) is 0 Å². The van der Waals surface area contributed by atoms with E-state index in [1.165, 1.54) is 41.3 Å². The van der Waals surface area contributed by atoms with Crippen molar-refractivity contribution in [3.8, 4) is 28.6 Å². The molecule has 1 aliphatic heterocycles. The number of hydrogen-bond donors (Lipinski definition) is 1. The number of piperazine rings is 1. The van der Waals surface area contributed by atoms with Crippen molar-refractivity contribution in [2.45, 2.75) is 11.1 Å². The third-order valence-corrected chi connectivity index (χ3v) is 6.34. The van der Waals surface area contributed by atoms with E-state index in [2.05, 4.69) is 9.97 Å². The summed E-state index contributed by atoms with van der Waals surface area (Å²) in [6.45, 7) is 0.883. The molecule has 0 atom stereocenters. The first-order valence-electron chi connectivity index (χ1n) is 10.3. The van der Waals surface area contributed by atoms with Gasteiger partial charge in [-0.1, -0.05) is 12.1 Å². The van der Waals surface area contributed by atoms with E-state index in [1.807, 2.05) is 6.19 Å². The van der Waals surface area contributed by atoms with E-state index >= 15 is 0 Å². The Balaban J connectivity index is 2.02. The largest absolute Gasteiger partial charge is 0.451 e. The maximum absolute atomic E-state index is 13.8. The smallest absolute Gasteiger partial charge is 0.352 e. The Morgan fingerprint density at radius 2 is 1.63 bits per heavy atom. The maximum Gasteiger partial charge on any atom is 0.451 e. The molecule has 2 N–H and O–H groups in total. The summed E-state index contributed by atoms with van der Waals surface area (Å²) in [7, 11) is -4.12. The minimum absolute atomic E-state index is 0.0872. The topological polar surface area (TPSA) is 116 Å². The van der Waals surface area contributed by atoms with Crippen molar-refractivity contribution in [2.75, 3.05) is 31.1 Å². The van der Waals surface area contributed by atoms with Crippen LogP contribution in [0.1, 0.15) is 5.82 Å². The van der Waals surface area contributed by atoms with Gasteiger partial charge in [0, 0.05) is 31.7 Å². The molecule has 1 saturated heterocycles. The molecule has 13 heteroatoms. The van der Waals surface area contributed by atoms with Crippen LogP contribution in [-0.4, -0.2) is 49.5 Å². The molecule has 4 rings (SSSR count). The van der Waals surface area contributed by atoms with Crippen molar-refractivity contribution in [2.24, 2.45) is 5.14 Å². The third kappa shape index (κ3) is 5.18. The van der Waals surface area contributed by atoms with E-state index in [0.29, 0.717) is 0 Å². The lowest BCUT2D eigenvalue weighted by molar-refractivity contribution is -0.144. The maximum atomic E-state index is 13.8. The van der Waals surface area contributed by atoms with Gasteiger partial charge >= 0.3 is 6.18 Å². The molecule has 0 radical (unpaired) electrons. The van der Waals surface area contributed by atoms with Crippen LogP contribution < -0.4 is 10.0 Å². The molecule has 0 unspecified atom stereocenters. The highest BCUT2D eigenvalue weighted by Gasteiger charge is 2.38. The molecule has 2 heterocycles. The molecule has 2 aromatic carbocycles. The summed E-state index contributed by atoms with van der Waals surface area (Å²) in [6, 6.07) is 10.1. The summed E-state index contributed by atoms with van der Waals surface area (Å²) in [5, 5.41) is 14.4. The Hall–Kier alpha value is -3.76. The van der Waals surface area contributed by atoms with Crippen LogP contribution in [0.15, 0.2) is 53.4 Å². The number of aromatic nitrogens is 2. The molecule has 35 heavy (non-hydrogen) atoms. The summed E-state index contributed by atoms with van der Waals surface area (Å²) < 4.78 is 79.0. The second kappa shape index (κ2) is 9.12. The summed E-state index contributed by atoms with van der Waals surface area (Å²) in [6.07, 6.45) is -2.89. The summed E-state index contributed by atoms with van der Waals surface area (Å²) in [4.78, 5) is 10.4. The Morgan fingerprint density at radius 1 is 0.971 bits per heavy atom. The van der Waals surface area contributed by atoms with Gasteiger partial charge in [-0.05, 0) is 42.0 Å². The van der Waals surface area contributed by atoms with Gasteiger partial charge in [-0.3, -0.25) is 0 Å². The lowest BCUT2D eigenvalue weighted by Crippen LogP contribution is -2.45. The van der Waals surface area contributed by atoms with Crippen LogP contribution in [0.5, 0.6) is 0 Å². The second-order valence-electron chi connectivity index (χ2n) is 7.75. The number of sulfonamides is 1. The molecular formula is C22H18F4N6O2S. The molecule has 0 amide bonds. The minimum Gasteiger partial charge on any atom is -0.352 e. The van der Waals surface area contributed by atoms with Crippen LogP contribution in [0.25, 0.3) is 22.4 Å². The number of anilines is 1. The van der Waals surface area contributed by atoms with Gasteiger partial charge in [0.15, 0.2) is 6.19 Å². The molecular weight excluding hydrogens is 488 g/mol. The fraction of sp³-hybridized carbons (Fsp3) is 0.227. The van der Waals surface area contributed by atoms with Crippen LogP contribution in [-0.2, 0) is 16.2 Å². The average molecular weight is 506 g/mol. The fourth-order valence-corrected chi connectivity index (χ4v) is 4.29. The molecule has 3 aromatic rings. The van der Waals surface area contributed by atoms with Gasteiger partial charge in [0.2, 0.25) is 15.8 Å². The van der Waals surface area contributed by atoms with Gasteiger partial charge < -0.3 is 9.80 Å². The monoisotopic (exact) mass is 506 g/mol. The van der Waals surface area contributed by atoms with Crippen molar-refractivity contribution in [3.63, 3.8) is 0 Å². The SMILES string of the molecule is N#CN1CCN(c2nc(C(F)(F)F)nc(-c3ccc(F)cc3)c2-c2cccc(S(N)(=O)=O)c2)CC1. The molecule has 0 spiro atoms. The van der Waals surface area contributed by atoms with Crippen LogP contribution in [0.2, 0.25) is 0 Å². The van der Waals surface area contributed by atoms with E-state index in [-0.39, 0.29) is 59.3 Å². The number of primary sulfonamides is 1. The lowest BCUT2D eigenvalue weighted by atomic mass is 9.98. The normalized spacial score (nSPS) is 14.6. The number of rotatable bonds is 4. The zero-order valence-corrected chi connectivity index (χ0v) is 18.8. The van der Waals surface area contributed by atoms with Gasteiger partial charge in [0.05, 0.1) is 16.2 Å². The Morgan fingerprint density at radius 3 is 2.20 bits per heavy atom. The van der Waals surface area contributed by atoms with E-state index in [4.69, 9.17) is 10.4 Å². The van der Waals surface area contributed by atoms with Crippen molar-refractivity contribution in [3.05, 3.63) is 60.2 Å². The second-order valence-corrected chi connectivity index (χ2v) is 9.31. The highest BCUT2D eigenvalue weighted by molar-refractivity contribution is 7.89. The highest BCUT2D eigenvalue weighted by atomic mass is 32.2. The van der Waals surface area contributed by atoms with E-state index in [9.17, 15) is 26.0 Å². The Kier molecular flexibility index (Phi) is 6.35. The molecule has 1 aliphatic rings. The van der Waals surface area contributed by atoms with Crippen molar-refractivity contribution in [1.82, 2.24) is 14.9 Å². The molecule has 0 aliphatic carbocycles. The van der Waals surface area contributed by atoms with E-state index in [0.717, 1.165) is 12.1 Å². The molecule has 8 nitrogen and oxygen atoms in total. The van der Waals surface area contributed by atoms with Crippen LogP contribution in [0, 0.1) is 17.3 Å². The summed E-state index contributed by atoms with van der Waals surface area (Å²) in [5.74, 6) is -2.08. The number of alkyl halides is 3. The summed E-state index contributed by atoms with van der Waals surface area (Å²) in [5.41, 5.74) is 0.353. The molecule has 1 aromatic heterocycles. The van der Waals surface area contributed by atoms with Crippen LogP contribution >= 0.6 is 0 Å². The minimum atomic E-state index is -4.89. The van der Waals surface area contributed by atoms with Crippen LogP contribution in [0.4, 0.5) is 23.4 Å². The van der Waals surface area contributed by atoms with Crippen molar-refractivity contribution in [1.29, 1.82) is 5.26 Å². The molecule has 0 saturated carbocycles. The van der Waals surface area contributed by atoms with Gasteiger partial charge in [0.1, 0.15) is 11.6 Å². The standard InChI is InChI=1S/C22H18F4N6O2S/c23-16-6-4-14(5-7-16)19-18(15-2-1-3-17(12-15)35(28,33)34)20(30-21(29-19)22(24,25)26)32-10-8-31(13-27)9-11-32/h1-7,12H,8-11H2,(H2,28,33,34). The predicted molar refractivity (Wildman–Crippen MR) is 119 cm³/mol. The number of nitrogens with zero attached hydrogens (tertiary/aromatic N) is 5. The van der Waals surface area contributed by atoms with Crippen molar-refractivity contribution < 1.29 is 26.0 Å². The highest BCUT2D eigenvalue weighted by Crippen LogP contribution is 2.41. The fourth-order valence-electron chi connectivity index (χ4n) is 3.73. The van der Waals surface area contributed by atoms with E-state index < -0.39 is 27.8 Å². The predicted octanol–water partition coefficient (Wildman–Crippen LogP) is 3.22. The number of hydrogen-bond acceptors (Lipinski definition) is 7. The zero-order valence-electron chi connectivity index (χ0n) is 18.0. The Labute approximate surface area is 198 Å². The molecule has 1 fully saturated rings. The quantitative estimate of drug-likeness (QED) is 0.427. The van der Waals surface area contributed by atoms with Crippen LogP contribution in [0.3, 0.4) is 0 Å². The lowest BCUT2D eigenvalue weighted by Gasteiger charge is -2.34. The number of nitrogens with two attached hydrogens (primary N) is 1. The van der Waals surface area contributed by atoms with Gasteiger partial charge in [-0.2, -0.15) is 18.4 Å². The average Bonchev–Trinajstić information content (AvgIpc) is 2.83. The first kappa shape index (κ1) is 24.4. The van der Waals surface area contributed by atoms with Crippen molar-refractivity contribution >= 4 is 15.8 Å². The molecule has 182 valence electrons.